The Kier molecular flexibility index (Phi) is 6.01. The molecule has 142 valence electrons. The number of hydrogen-bond donors (Lipinski definition) is 3. The minimum atomic E-state index is -0.285. The predicted octanol–water partition coefficient (Wildman–Crippen LogP) is 4.56. The van der Waals surface area contributed by atoms with Crippen LogP contribution in [0.1, 0.15) is 24.2 Å². The molecule has 0 radical (unpaired) electrons. The highest BCUT2D eigenvalue weighted by Crippen LogP contribution is 2.17. The number of amides is 2. The summed E-state index contributed by atoms with van der Waals surface area (Å²) in [6, 6.07) is 20.5. The second-order valence-electron chi connectivity index (χ2n) is 6.69. The van der Waals surface area contributed by atoms with Gasteiger partial charge >= 0.3 is 0 Å². The largest absolute Gasteiger partial charge is 0.332 e. The zero-order valence-electron chi connectivity index (χ0n) is 15.7. The van der Waals surface area contributed by atoms with Gasteiger partial charge in [0.2, 0.25) is 5.91 Å². The van der Waals surface area contributed by atoms with Gasteiger partial charge in [-0.15, -0.1) is 0 Å². The molecule has 0 fully saturated rings. The Morgan fingerprint density at radius 3 is 2.21 bits per heavy atom. The van der Waals surface area contributed by atoms with Gasteiger partial charge in [-0.1, -0.05) is 50.2 Å². The number of hydrogen-bond acceptors (Lipinski definition) is 3. The fourth-order valence-corrected chi connectivity index (χ4v) is 2.84. The van der Waals surface area contributed by atoms with Gasteiger partial charge in [0.05, 0.1) is 0 Å². The second-order valence-corrected chi connectivity index (χ2v) is 7.10. The van der Waals surface area contributed by atoms with Gasteiger partial charge in [-0.3, -0.25) is 14.9 Å². The lowest BCUT2D eigenvalue weighted by atomic mass is 10.1. The first-order valence-corrected chi connectivity index (χ1v) is 9.35. The van der Waals surface area contributed by atoms with Crippen LogP contribution in [0.3, 0.4) is 0 Å². The van der Waals surface area contributed by atoms with E-state index >= 15 is 0 Å². The van der Waals surface area contributed by atoms with Gasteiger partial charge in [0, 0.05) is 22.9 Å². The monoisotopic (exact) mass is 391 g/mol. The van der Waals surface area contributed by atoms with E-state index < -0.39 is 0 Å². The molecule has 0 saturated carbocycles. The van der Waals surface area contributed by atoms with Crippen LogP contribution in [0.4, 0.5) is 11.4 Å². The SMILES string of the molecule is CC(C)C(=O)Nc1cccc(NC(=S)NC(=O)c2ccc3ccccc3c2)c1. The molecule has 3 aromatic rings. The van der Waals surface area contributed by atoms with Crippen molar-refractivity contribution in [3.8, 4) is 0 Å². The molecule has 0 spiro atoms. The minimum absolute atomic E-state index is 0.0654. The van der Waals surface area contributed by atoms with Gasteiger partial charge in [0.25, 0.3) is 5.91 Å². The van der Waals surface area contributed by atoms with Gasteiger partial charge in [0.1, 0.15) is 0 Å². The van der Waals surface area contributed by atoms with Gasteiger partial charge in [0.15, 0.2) is 5.11 Å². The number of rotatable bonds is 4. The number of anilines is 2. The summed E-state index contributed by atoms with van der Waals surface area (Å²) < 4.78 is 0. The van der Waals surface area contributed by atoms with E-state index in [2.05, 4.69) is 16.0 Å². The van der Waals surface area contributed by atoms with E-state index in [0.717, 1.165) is 10.8 Å². The van der Waals surface area contributed by atoms with E-state index in [0.29, 0.717) is 16.9 Å². The zero-order chi connectivity index (χ0) is 20.1. The summed E-state index contributed by atoms with van der Waals surface area (Å²) in [7, 11) is 0. The van der Waals surface area contributed by atoms with Crippen LogP contribution < -0.4 is 16.0 Å². The molecule has 0 aliphatic carbocycles. The fourth-order valence-electron chi connectivity index (χ4n) is 2.63. The molecule has 2 amide bonds. The topological polar surface area (TPSA) is 70.2 Å². The molecule has 28 heavy (non-hydrogen) atoms. The van der Waals surface area contributed by atoms with Crippen molar-refractivity contribution >= 4 is 51.3 Å². The Labute approximate surface area is 169 Å². The Balaban J connectivity index is 1.64. The van der Waals surface area contributed by atoms with Gasteiger partial charge < -0.3 is 10.6 Å². The molecule has 3 aromatic carbocycles. The first-order valence-electron chi connectivity index (χ1n) is 8.94. The van der Waals surface area contributed by atoms with Crippen LogP contribution in [-0.4, -0.2) is 16.9 Å². The van der Waals surface area contributed by atoms with Crippen LogP contribution in [0, 0.1) is 5.92 Å². The molecular formula is C22H21N3O2S. The van der Waals surface area contributed by atoms with Crippen molar-refractivity contribution < 1.29 is 9.59 Å². The van der Waals surface area contributed by atoms with E-state index in [9.17, 15) is 9.59 Å². The van der Waals surface area contributed by atoms with Crippen molar-refractivity contribution in [3.05, 3.63) is 72.3 Å². The number of thiocarbonyl (C=S) groups is 1. The van der Waals surface area contributed by atoms with Crippen molar-refractivity contribution in [1.82, 2.24) is 5.32 Å². The first-order chi connectivity index (χ1) is 13.4. The summed E-state index contributed by atoms with van der Waals surface area (Å²) in [5, 5.41) is 10.7. The standard InChI is InChI=1S/C22H21N3O2S/c1-14(2)20(26)23-18-8-5-9-19(13-18)24-22(28)25-21(27)17-11-10-15-6-3-4-7-16(15)12-17/h3-14H,1-2H3,(H,23,26)(H2,24,25,27,28). The summed E-state index contributed by atoms with van der Waals surface area (Å²) in [4.78, 5) is 24.3. The third-order valence-electron chi connectivity index (χ3n) is 4.15. The maximum absolute atomic E-state index is 12.5. The number of benzene rings is 3. The molecular weight excluding hydrogens is 370 g/mol. The van der Waals surface area contributed by atoms with Crippen molar-refractivity contribution in [1.29, 1.82) is 0 Å². The van der Waals surface area contributed by atoms with E-state index in [1.165, 1.54) is 0 Å². The van der Waals surface area contributed by atoms with Crippen LogP contribution in [0.5, 0.6) is 0 Å². The molecule has 3 rings (SSSR count). The number of carbonyl (C=O) groups is 2. The second kappa shape index (κ2) is 8.63. The van der Waals surface area contributed by atoms with Crippen LogP contribution in [0.15, 0.2) is 66.7 Å². The third kappa shape index (κ3) is 4.92. The molecule has 0 unspecified atom stereocenters. The summed E-state index contributed by atoms with van der Waals surface area (Å²) in [6.07, 6.45) is 0. The Hall–Kier alpha value is -3.25. The van der Waals surface area contributed by atoms with E-state index in [1.807, 2.05) is 50.2 Å². The number of fused-ring (bicyclic) bond motifs is 1. The van der Waals surface area contributed by atoms with E-state index in [-0.39, 0.29) is 22.8 Å². The Bertz CT molecular complexity index is 1050. The smallest absolute Gasteiger partial charge is 0.257 e. The van der Waals surface area contributed by atoms with Crippen LogP contribution >= 0.6 is 12.2 Å². The number of nitrogens with one attached hydrogen (secondary N) is 3. The third-order valence-corrected chi connectivity index (χ3v) is 4.36. The molecule has 0 atom stereocenters. The zero-order valence-corrected chi connectivity index (χ0v) is 16.5. The highest BCUT2D eigenvalue weighted by Gasteiger charge is 2.10. The molecule has 0 aliphatic heterocycles. The minimum Gasteiger partial charge on any atom is -0.332 e. The molecule has 6 heteroatoms. The summed E-state index contributed by atoms with van der Waals surface area (Å²) in [6.45, 7) is 3.66. The van der Waals surface area contributed by atoms with E-state index in [4.69, 9.17) is 12.2 Å². The lowest BCUT2D eigenvalue weighted by Gasteiger charge is -2.12. The maximum Gasteiger partial charge on any atom is 0.257 e. The predicted molar refractivity (Wildman–Crippen MR) is 118 cm³/mol. The van der Waals surface area contributed by atoms with Crippen LogP contribution in [0.2, 0.25) is 0 Å². The van der Waals surface area contributed by atoms with Crippen LogP contribution in [0.25, 0.3) is 10.8 Å². The molecule has 5 nitrogen and oxygen atoms in total. The Morgan fingerprint density at radius 1 is 0.821 bits per heavy atom. The normalized spacial score (nSPS) is 10.5. The highest BCUT2D eigenvalue weighted by atomic mass is 32.1. The van der Waals surface area contributed by atoms with Crippen molar-refractivity contribution in [3.63, 3.8) is 0 Å². The average molecular weight is 391 g/mol. The molecule has 0 aliphatic rings. The number of carbonyl (C=O) groups excluding carboxylic acids is 2. The van der Waals surface area contributed by atoms with Crippen molar-refractivity contribution in [2.45, 2.75) is 13.8 Å². The molecule has 0 aromatic heterocycles. The lowest BCUT2D eigenvalue weighted by molar-refractivity contribution is -0.118. The maximum atomic E-state index is 12.5. The summed E-state index contributed by atoms with van der Waals surface area (Å²) >= 11 is 5.25. The molecule has 3 N–H and O–H groups in total. The first kappa shape index (κ1) is 19.5. The molecule has 0 heterocycles. The molecule has 0 bridgehead atoms. The average Bonchev–Trinajstić information content (AvgIpc) is 2.67. The van der Waals surface area contributed by atoms with Crippen LogP contribution in [-0.2, 0) is 4.79 Å². The van der Waals surface area contributed by atoms with E-state index in [1.54, 1.807) is 30.3 Å². The fraction of sp³-hybridized carbons (Fsp3) is 0.136. The van der Waals surface area contributed by atoms with Crippen molar-refractivity contribution in [2.75, 3.05) is 10.6 Å². The quantitative estimate of drug-likeness (QED) is 0.570. The Morgan fingerprint density at radius 2 is 1.50 bits per heavy atom. The molecule has 0 saturated heterocycles. The summed E-state index contributed by atoms with van der Waals surface area (Å²) in [5.74, 6) is -0.462. The van der Waals surface area contributed by atoms with Gasteiger partial charge in [-0.25, -0.2) is 0 Å². The van der Waals surface area contributed by atoms with Gasteiger partial charge in [-0.05, 0) is 53.3 Å². The van der Waals surface area contributed by atoms with Crippen molar-refractivity contribution in [2.24, 2.45) is 5.92 Å². The lowest BCUT2D eigenvalue weighted by Crippen LogP contribution is -2.34. The highest BCUT2D eigenvalue weighted by molar-refractivity contribution is 7.80. The van der Waals surface area contributed by atoms with Gasteiger partial charge in [-0.2, -0.15) is 0 Å². The summed E-state index contributed by atoms with van der Waals surface area (Å²) in [5.41, 5.74) is 1.86.